The molecule has 0 spiro atoms. The van der Waals surface area contributed by atoms with Crippen LogP contribution in [0.15, 0.2) is 22.7 Å². The van der Waals surface area contributed by atoms with Crippen LogP contribution in [0.25, 0.3) is 0 Å². The normalized spacial score (nSPS) is 17.4. The summed E-state index contributed by atoms with van der Waals surface area (Å²) in [5.74, 6) is 1.73. The first kappa shape index (κ1) is 15.8. The highest BCUT2D eigenvalue weighted by Crippen LogP contribution is 2.28. The summed E-state index contributed by atoms with van der Waals surface area (Å²) in [6.07, 6.45) is 3.75. The zero-order valence-electron chi connectivity index (χ0n) is 12.4. The zero-order valence-corrected chi connectivity index (χ0v) is 14.0. The number of hydrogen-bond donors (Lipinski definition) is 0. The van der Waals surface area contributed by atoms with Crippen LogP contribution in [0.1, 0.15) is 18.4 Å². The van der Waals surface area contributed by atoms with Crippen molar-refractivity contribution in [1.82, 2.24) is 4.90 Å². The van der Waals surface area contributed by atoms with Crippen molar-refractivity contribution in [2.24, 2.45) is 5.92 Å². The Labute approximate surface area is 130 Å². The van der Waals surface area contributed by atoms with Gasteiger partial charge in [0.15, 0.2) is 0 Å². The summed E-state index contributed by atoms with van der Waals surface area (Å²) in [4.78, 5) is 2.41. The predicted molar refractivity (Wildman–Crippen MR) is 85.4 cm³/mol. The predicted octanol–water partition coefficient (Wildman–Crippen LogP) is 3.36. The van der Waals surface area contributed by atoms with E-state index in [1.165, 1.54) is 31.5 Å². The Kier molecular flexibility index (Phi) is 6.33. The van der Waals surface area contributed by atoms with Gasteiger partial charge in [-0.25, -0.2) is 0 Å². The van der Waals surface area contributed by atoms with Crippen LogP contribution < -0.4 is 4.74 Å². The highest BCUT2D eigenvalue weighted by molar-refractivity contribution is 9.10. The van der Waals surface area contributed by atoms with Crippen LogP contribution in [0.2, 0.25) is 0 Å². The monoisotopic (exact) mass is 341 g/mol. The minimum atomic E-state index is 0.590. The molecule has 0 bridgehead atoms. The molecule has 1 saturated heterocycles. The number of rotatable bonds is 6. The number of ether oxygens (including phenoxy) is 2. The summed E-state index contributed by atoms with van der Waals surface area (Å²) >= 11 is 3.54. The largest absolute Gasteiger partial charge is 0.490 e. The van der Waals surface area contributed by atoms with Gasteiger partial charge in [-0.15, -0.1) is 0 Å². The number of methoxy groups -OCH3 is 1. The average molecular weight is 342 g/mol. The van der Waals surface area contributed by atoms with Crippen molar-refractivity contribution < 1.29 is 9.47 Å². The van der Waals surface area contributed by atoms with Crippen molar-refractivity contribution in [2.45, 2.75) is 19.3 Å². The zero-order chi connectivity index (χ0) is 14.4. The first-order valence-electron chi connectivity index (χ1n) is 7.27. The highest BCUT2D eigenvalue weighted by Gasteiger charge is 2.17. The minimum Gasteiger partial charge on any atom is -0.490 e. The molecule has 0 atom stereocenters. The molecule has 0 saturated carbocycles. The molecule has 3 nitrogen and oxygen atoms in total. The molecule has 0 amide bonds. The number of piperidine rings is 1. The highest BCUT2D eigenvalue weighted by atomic mass is 79.9. The van der Waals surface area contributed by atoms with Crippen LogP contribution in [0, 0.1) is 5.92 Å². The molecular weight excluding hydrogens is 318 g/mol. The summed E-state index contributed by atoms with van der Waals surface area (Å²) in [5, 5.41) is 0. The summed E-state index contributed by atoms with van der Waals surface area (Å²) in [6, 6.07) is 6.45. The average Bonchev–Trinajstić information content (AvgIpc) is 2.45. The van der Waals surface area contributed by atoms with E-state index in [1.807, 2.05) is 0 Å². The van der Waals surface area contributed by atoms with Crippen molar-refractivity contribution in [3.63, 3.8) is 0 Å². The maximum atomic E-state index is 5.74. The summed E-state index contributed by atoms with van der Waals surface area (Å²) in [6.45, 7) is 3.65. The van der Waals surface area contributed by atoms with E-state index in [4.69, 9.17) is 9.47 Å². The van der Waals surface area contributed by atoms with Crippen molar-refractivity contribution in [2.75, 3.05) is 40.5 Å². The van der Waals surface area contributed by atoms with Gasteiger partial charge in [0.2, 0.25) is 0 Å². The van der Waals surface area contributed by atoms with Crippen LogP contribution in [0.5, 0.6) is 5.75 Å². The van der Waals surface area contributed by atoms with Crippen molar-refractivity contribution in [3.8, 4) is 5.75 Å². The van der Waals surface area contributed by atoms with Gasteiger partial charge in [0.1, 0.15) is 12.4 Å². The lowest BCUT2D eigenvalue weighted by Gasteiger charge is -2.29. The van der Waals surface area contributed by atoms with Crippen LogP contribution in [-0.4, -0.2) is 45.4 Å². The lowest BCUT2D eigenvalue weighted by atomic mass is 9.90. The molecule has 0 aliphatic carbocycles. The van der Waals surface area contributed by atoms with E-state index in [9.17, 15) is 0 Å². The molecule has 2 rings (SSSR count). The maximum absolute atomic E-state index is 5.74. The van der Waals surface area contributed by atoms with Crippen molar-refractivity contribution in [1.29, 1.82) is 0 Å². The molecule has 4 heteroatoms. The minimum absolute atomic E-state index is 0.590. The lowest BCUT2D eigenvalue weighted by Crippen LogP contribution is -2.30. The molecule has 1 heterocycles. The van der Waals surface area contributed by atoms with Crippen LogP contribution in [-0.2, 0) is 11.2 Å². The Bertz CT molecular complexity index is 417. The molecule has 1 aromatic carbocycles. The van der Waals surface area contributed by atoms with Gasteiger partial charge in [0.05, 0.1) is 11.1 Å². The summed E-state index contributed by atoms with van der Waals surface area (Å²) in [7, 11) is 3.90. The number of benzene rings is 1. The smallest absolute Gasteiger partial charge is 0.133 e. The Morgan fingerprint density at radius 2 is 2.00 bits per heavy atom. The lowest BCUT2D eigenvalue weighted by molar-refractivity contribution is 0.146. The first-order chi connectivity index (χ1) is 9.69. The Balaban J connectivity index is 1.92. The number of halogens is 1. The number of hydrogen-bond acceptors (Lipinski definition) is 3. The van der Waals surface area contributed by atoms with Gasteiger partial charge in [-0.1, -0.05) is 6.07 Å². The van der Waals surface area contributed by atoms with Gasteiger partial charge in [-0.05, 0) is 78.9 Å². The van der Waals surface area contributed by atoms with Gasteiger partial charge in [0, 0.05) is 7.11 Å². The quantitative estimate of drug-likeness (QED) is 0.740. The third-order valence-electron chi connectivity index (χ3n) is 3.90. The van der Waals surface area contributed by atoms with Gasteiger partial charge < -0.3 is 14.4 Å². The molecule has 0 radical (unpaired) electrons. The van der Waals surface area contributed by atoms with Gasteiger partial charge in [-0.2, -0.15) is 0 Å². The standard InChI is InChI=1S/C16H24BrNO2/c1-18-7-5-13(6-8-18)11-14-3-4-15(17)16(12-14)20-10-9-19-2/h3-4,12-13H,5-11H2,1-2H3. The molecule has 1 aliphatic heterocycles. The molecule has 112 valence electrons. The van der Waals surface area contributed by atoms with Crippen molar-refractivity contribution in [3.05, 3.63) is 28.2 Å². The van der Waals surface area contributed by atoms with Gasteiger partial charge in [-0.3, -0.25) is 0 Å². The first-order valence-corrected chi connectivity index (χ1v) is 8.07. The fourth-order valence-electron chi connectivity index (χ4n) is 2.62. The summed E-state index contributed by atoms with van der Waals surface area (Å²) in [5.41, 5.74) is 1.37. The third kappa shape index (κ3) is 4.76. The van der Waals surface area contributed by atoms with E-state index < -0.39 is 0 Å². The van der Waals surface area contributed by atoms with E-state index in [0.717, 1.165) is 22.6 Å². The van der Waals surface area contributed by atoms with Crippen LogP contribution >= 0.6 is 15.9 Å². The fraction of sp³-hybridized carbons (Fsp3) is 0.625. The molecule has 0 aromatic heterocycles. The Morgan fingerprint density at radius 3 is 2.70 bits per heavy atom. The molecule has 1 aromatic rings. The van der Waals surface area contributed by atoms with E-state index in [2.05, 4.69) is 46.1 Å². The van der Waals surface area contributed by atoms with E-state index in [1.54, 1.807) is 7.11 Å². The van der Waals surface area contributed by atoms with E-state index >= 15 is 0 Å². The second-order valence-electron chi connectivity index (χ2n) is 5.56. The number of nitrogens with zero attached hydrogens (tertiary/aromatic N) is 1. The van der Waals surface area contributed by atoms with Gasteiger partial charge >= 0.3 is 0 Å². The molecule has 1 aliphatic rings. The fourth-order valence-corrected chi connectivity index (χ4v) is 2.98. The van der Waals surface area contributed by atoms with E-state index in [-0.39, 0.29) is 0 Å². The molecule has 0 unspecified atom stereocenters. The Hall–Kier alpha value is -0.580. The molecule has 20 heavy (non-hydrogen) atoms. The van der Waals surface area contributed by atoms with Crippen LogP contribution in [0.4, 0.5) is 0 Å². The summed E-state index contributed by atoms with van der Waals surface area (Å²) < 4.78 is 11.8. The van der Waals surface area contributed by atoms with Gasteiger partial charge in [0.25, 0.3) is 0 Å². The van der Waals surface area contributed by atoms with E-state index in [0.29, 0.717) is 13.2 Å². The topological polar surface area (TPSA) is 21.7 Å². The molecule has 0 N–H and O–H groups in total. The molecular formula is C16H24BrNO2. The Morgan fingerprint density at radius 1 is 1.25 bits per heavy atom. The maximum Gasteiger partial charge on any atom is 0.133 e. The third-order valence-corrected chi connectivity index (χ3v) is 4.56. The SMILES string of the molecule is COCCOc1cc(CC2CCN(C)CC2)ccc1Br. The second-order valence-corrected chi connectivity index (χ2v) is 6.41. The van der Waals surface area contributed by atoms with Crippen molar-refractivity contribution >= 4 is 15.9 Å². The van der Waals surface area contributed by atoms with Crippen LogP contribution in [0.3, 0.4) is 0 Å². The number of likely N-dealkylation sites (tertiary alicyclic amines) is 1. The molecule has 1 fully saturated rings. The second kappa shape index (κ2) is 8.01.